The second kappa shape index (κ2) is 6.51. The number of amides is 1. The first-order chi connectivity index (χ1) is 11.4. The van der Waals surface area contributed by atoms with Crippen LogP contribution in [-0.4, -0.2) is 42.0 Å². The van der Waals surface area contributed by atoms with Crippen LogP contribution in [0.15, 0.2) is 41.4 Å². The van der Waals surface area contributed by atoms with Gasteiger partial charge in [-0.15, -0.1) is 0 Å². The molecule has 0 saturated carbocycles. The molecule has 24 heavy (non-hydrogen) atoms. The number of hydrogen-bond donors (Lipinski definition) is 0. The van der Waals surface area contributed by atoms with Crippen LogP contribution in [-0.2, 0) is 14.6 Å². The Morgan fingerprint density at radius 1 is 1.12 bits per heavy atom. The number of pyridine rings is 1. The summed E-state index contributed by atoms with van der Waals surface area (Å²) in [5.74, 6) is -0.850. The fourth-order valence-corrected chi connectivity index (χ4v) is 4.58. The normalized spacial score (nSPS) is 21.8. The molecule has 1 aromatic carbocycles. The minimum absolute atomic E-state index is 0.0353. The number of sulfone groups is 1. The molecule has 2 aromatic rings. The lowest BCUT2D eigenvalue weighted by Gasteiger charge is -2.39. The minimum Gasteiger partial charge on any atom is -0.336 e. The molecule has 0 aliphatic carbocycles. The molecule has 2 heterocycles. The van der Waals surface area contributed by atoms with Crippen LogP contribution in [0.25, 0.3) is 10.9 Å². The summed E-state index contributed by atoms with van der Waals surface area (Å²) >= 11 is 0. The van der Waals surface area contributed by atoms with Gasteiger partial charge in [-0.2, -0.15) is 0 Å². The highest BCUT2D eigenvalue weighted by Gasteiger charge is 2.32. The number of benzene rings is 1. The van der Waals surface area contributed by atoms with E-state index in [1.165, 1.54) is 6.07 Å². The van der Waals surface area contributed by atoms with E-state index in [1.807, 2.05) is 32.0 Å². The summed E-state index contributed by atoms with van der Waals surface area (Å²) in [5.41, 5.74) is 0.616. The molecule has 0 unspecified atom stereocenters. The van der Waals surface area contributed by atoms with Crippen molar-refractivity contribution in [3.63, 3.8) is 0 Å². The van der Waals surface area contributed by atoms with E-state index in [0.29, 0.717) is 5.52 Å². The molecule has 1 amide bonds. The Kier molecular flexibility index (Phi) is 4.58. The van der Waals surface area contributed by atoms with Crippen LogP contribution >= 0.6 is 0 Å². The highest BCUT2D eigenvalue weighted by molar-refractivity contribution is 7.92. The lowest BCUT2D eigenvalue weighted by molar-refractivity contribution is -0.134. The Morgan fingerprint density at radius 3 is 2.50 bits per heavy atom. The summed E-state index contributed by atoms with van der Waals surface area (Å²) in [6, 6.07) is 10.7. The van der Waals surface area contributed by atoms with Gasteiger partial charge in [0, 0.05) is 17.5 Å². The monoisotopic (exact) mass is 346 g/mol. The minimum atomic E-state index is -3.75. The Morgan fingerprint density at radius 2 is 1.79 bits per heavy atom. The zero-order chi connectivity index (χ0) is 17.3. The molecule has 0 N–H and O–H groups in total. The van der Waals surface area contributed by atoms with Crippen LogP contribution < -0.4 is 0 Å². The summed E-state index contributed by atoms with van der Waals surface area (Å²) in [6.07, 6.45) is 2.92. The molecule has 5 nitrogen and oxygen atoms in total. The SMILES string of the molecule is C[C@H]1CCC[C@H](C)N1C(=O)CS(=O)(=O)c1ccc2ccccc2n1. The van der Waals surface area contributed by atoms with Gasteiger partial charge in [0.05, 0.1) is 5.52 Å². The standard InChI is InChI=1S/C18H22N2O3S/c1-13-6-5-7-14(2)20(13)18(21)12-24(22,23)17-11-10-15-8-3-4-9-16(15)19-17/h3-4,8-11,13-14H,5-7,12H2,1-2H3/t13-,14-/m0/s1. The summed E-state index contributed by atoms with van der Waals surface area (Å²) in [7, 11) is -3.75. The molecule has 3 rings (SSSR count). The van der Waals surface area contributed by atoms with Gasteiger partial charge in [0.25, 0.3) is 0 Å². The molecule has 2 atom stereocenters. The number of rotatable bonds is 3. The Balaban J connectivity index is 1.85. The van der Waals surface area contributed by atoms with E-state index < -0.39 is 15.6 Å². The molecular formula is C18H22N2O3S. The number of carbonyl (C=O) groups is 1. The van der Waals surface area contributed by atoms with Crippen molar-refractivity contribution in [2.24, 2.45) is 0 Å². The fourth-order valence-electron chi connectivity index (χ4n) is 3.44. The van der Waals surface area contributed by atoms with E-state index in [9.17, 15) is 13.2 Å². The lowest BCUT2D eigenvalue weighted by atomic mass is 9.98. The van der Waals surface area contributed by atoms with Crippen LogP contribution in [0.2, 0.25) is 0 Å². The lowest BCUT2D eigenvalue weighted by Crippen LogP contribution is -2.49. The quantitative estimate of drug-likeness (QED) is 0.857. The van der Waals surface area contributed by atoms with Gasteiger partial charge in [-0.25, -0.2) is 13.4 Å². The molecule has 1 saturated heterocycles. The summed E-state index contributed by atoms with van der Waals surface area (Å²) in [4.78, 5) is 18.5. The smallest absolute Gasteiger partial charge is 0.238 e. The summed E-state index contributed by atoms with van der Waals surface area (Å²) in [5, 5.41) is 0.841. The maximum atomic E-state index is 12.6. The van der Waals surface area contributed by atoms with Crippen molar-refractivity contribution in [1.29, 1.82) is 0 Å². The molecule has 1 fully saturated rings. The third kappa shape index (κ3) is 3.29. The topological polar surface area (TPSA) is 67.3 Å². The highest BCUT2D eigenvalue weighted by Crippen LogP contribution is 2.24. The molecule has 1 aliphatic rings. The largest absolute Gasteiger partial charge is 0.336 e. The van der Waals surface area contributed by atoms with Crippen LogP contribution in [0.3, 0.4) is 0 Å². The van der Waals surface area contributed by atoms with E-state index >= 15 is 0 Å². The first-order valence-corrected chi connectivity index (χ1v) is 9.93. The van der Waals surface area contributed by atoms with E-state index in [2.05, 4.69) is 4.98 Å². The van der Waals surface area contributed by atoms with E-state index in [1.54, 1.807) is 17.0 Å². The van der Waals surface area contributed by atoms with Crippen molar-refractivity contribution in [3.05, 3.63) is 36.4 Å². The number of para-hydroxylation sites is 1. The van der Waals surface area contributed by atoms with Gasteiger partial charge in [-0.3, -0.25) is 4.79 Å². The van der Waals surface area contributed by atoms with Gasteiger partial charge in [-0.1, -0.05) is 18.2 Å². The van der Waals surface area contributed by atoms with E-state index in [0.717, 1.165) is 24.6 Å². The Labute approximate surface area is 142 Å². The maximum absolute atomic E-state index is 12.6. The van der Waals surface area contributed by atoms with Gasteiger partial charge >= 0.3 is 0 Å². The number of nitrogens with zero attached hydrogens (tertiary/aromatic N) is 2. The number of carbonyl (C=O) groups excluding carboxylic acids is 1. The number of piperidine rings is 1. The Bertz CT molecular complexity index is 853. The number of hydrogen-bond acceptors (Lipinski definition) is 4. The third-order valence-electron chi connectivity index (χ3n) is 4.69. The molecule has 0 spiro atoms. The van der Waals surface area contributed by atoms with Crippen molar-refractivity contribution in [3.8, 4) is 0 Å². The van der Waals surface area contributed by atoms with Crippen LogP contribution in [0.1, 0.15) is 33.1 Å². The van der Waals surface area contributed by atoms with Gasteiger partial charge in [0.2, 0.25) is 15.7 Å². The molecule has 1 aromatic heterocycles. The van der Waals surface area contributed by atoms with Crippen LogP contribution in [0.4, 0.5) is 0 Å². The number of likely N-dealkylation sites (tertiary alicyclic amines) is 1. The highest BCUT2D eigenvalue weighted by atomic mass is 32.2. The summed E-state index contributed by atoms with van der Waals surface area (Å²) < 4.78 is 25.3. The third-order valence-corrected chi connectivity index (χ3v) is 6.18. The first kappa shape index (κ1) is 16.9. The predicted octanol–water partition coefficient (Wildman–Crippen LogP) is 2.80. The van der Waals surface area contributed by atoms with Gasteiger partial charge < -0.3 is 4.90 Å². The van der Waals surface area contributed by atoms with Crippen molar-refractivity contribution in [2.75, 3.05) is 5.75 Å². The zero-order valence-corrected chi connectivity index (χ0v) is 14.8. The van der Waals surface area contributed by atoms with Crippen molar-refractivity contribution in [1.82, 2.24) is 9.88 Å². The fraction of sp³-hybridized carbons (Fsp3) is 0.444. The summed E-state index contributed by atoms with van der Waals surface area (Å²) in [6.45, 7) is 3.96. The molecule has 1 aliphatic heterocycles. The molecule has 128 valence electrons. The second-order valence-electron chi connectivity index (χ2n) is 6.53. The van der Waals surface area contributed by atoms with Crippen molar-refractivity contribution < 1.29 is 13.2 Å². The average Bonchev–Trinajstić information content (AvgIpc) is 2.53. The van der Waals surface area contributed by atoms with Crippen molar-refractivity contribution >= 4 is 26.6 Å². The van der Waals surface area contributed by atoms with Crippen molar-refractivity contribution in [2.45, 2.75) is 50.2 Å². The van der Waals surface area contributed by atoms with E-state index in [-0.39, 0.29) is 23.0 Å². The molecule has 6 heteroatoms. The molecular weight excluding hydrogens is 324 g/mol. The predicted molar refractivity (Wildman–Crippen MR) is 93.4 cm³/mol. The molecule has 0 bridgehead atoms. The maximum Gasteiger partial charge on any atom is 0.238 e. The van der Waals surface area contributed by atoms with Crippen LogP contribution in [0.5, 0.6) is 0 Å². The van der Waals surface area contributed by atoms with Gasteiger partial charge in [0.1, 0.15) is 5.75 Å². The number of fused-ring (bicyclic) bond motifs is 1. The first-order valence-electron chi connectivity index (χ1n) is 8.28. The van der Waals surface area contributed by atoms with Crippen LogP contribution in [0, 0.1) is 0 Å². The van der Waals surface area contributed by atoms with Gasteiger partial charge in [0.15, 0.2) is 5.03 Å². The average molecular weight is 346 g/mol. The second-order valence-corrected chi connectivity index (χ2v) is 8.47. The Hall–Kier alpha value is -1.95. The zero-order valence-electron chi connectivity index (χ0n) is 14.0. The number of aromatic nitrogens is 1. The van der Waals surface area contributed by atoms with Gasteiger partial charge in [-0.05, 0) is 51.3 Å². The van der Waals surface area contributed by atoms with E-state index in [4.69, 9.17) is 0 Å². The molecule has 0 radical (unpaired) electrons.